The number of carbonyl (C=O) groups is 5. The number of nitrogens with one attached hydrogen (secondary N) is 2. The van der Waals surface area contributed by atoms with Crippen LogP contribution in [0.15, 0.2) is 114 Å². The number of nitrogens with zero attached hydrogens (tertiary/aromatic N) is 1. The second-order valence-electron chi connectivity index (χ2n) is 10.3. The summed E-state index contributed by atoms with van der Waals surface area (Å²) in [7, 11) is 0. The summed E-state index contributed by atoms with van der Waals surface area (Å²) in [5.41, 5.74) is 3.59. The summed E-state index contributed by atoms with van der Waals surface area (Å²) in [6, 6.07) is 29.5. The molecule has 44 heavy (non-hydrogen) atoms. The standard InChI is InChI=1S/C35H29N3O5S/c1-22-8-6-9-24(18-22)19-30(37-33(41)26-10-4-3-5-11-26)34(42)36-27-12-7-13-29(20-27)44-31-21-32(40)38(35(31)43)28-16-14-25(15-17-28)23(2)39/h3-20,31H,21H2,1-2H3,(H,36,42)(H,37,41)/b30-19-. The first-order valence-corrected chi connectivity index (χ1v) is 14.8. The van der Waals surface area contributed by atoms with Crippen molar-refractivity contribution in [3.63, 3.8) is 0 Å². The molecule has 4 aromatic carbocycles. The third-order valence-corrected chi connectivity index (χ3v) is 8.07. The van der Waals surface area contributed by atoms with Gasteiger partial charge in [0.25, 0.3) is 11.8 Å². The summed E-state index contributed by atoms with van der Waals surface area (Å²) in [5, 5.41) is 4.93. The molecule has 0 aromatic heterocycles. The van der Waals surface area contributed by atoms with E-state index >= 15 is 0 Å². The lowest BCUT2D eigenvalue weighted by Gasteiger charge is -2.15. The van der Waals surface area contributed by atoms with Crippen LogP contribution in [-0.2, 0) is 14.4 Å². The Hall–Kier alpha value is -5.28. The predicted molar refractivity (Wildman–Crippen MR) is 171 cm³/mol. The van der Waals surface area contributed by atoms with Crippen molar-refractivity contribution in [3.05, 3.63) is 131 Å². The van der Waals surface area contributed by atoms with Crippen molar-refractivity contribution in [1.29, 1.82) is 0 Å². The van der Waals surface area contributed by atoms with Crippen molar-refractivity contribution in [1.82, 2.24) is 5.32 Å². The summed E-state index contributed by atoms with van der Waals surface area (Å²) >= 11 is 1.23. The van der Waals surface area contributed by atoms with E-state index in [0.29, 0.717) is 27.4 Å². The molecule has 220 valence electrons. The van der Waals surface area contributed by atoms with Gasteiger partial charge in [0, 0.05) is 28.1 Å². The highest BCUT2D eigenvalue weighted by Crippen LogP contribution is 2.35. The van der Waals surface area contributed by atoms with Gasteiger partial charge in [-0.15, -0.1) is 11.8 Å². The van der Waals surface area contributed by atoms with Crippen LogP contribution >= 0.6 is 11.8 Å². The number of rotatable bonds is 9. The number of benzene rings is 4. The number of Topliss-reactive ketones (excluding diaryl/α,β-unsaturated/α-hetero) is 1. The Kier molecular flexibility index (Phi) is 9.16. The molecular formula is C35H29N3O5S. The smallest absolute Gasteiger partial charge is 0.272 e. The third-order valence-electron chi connectivity index (χ3n) is 6.89. The number of hydrogen-bond acceptors (Lipinski definition) is 6. The Balaban J connectivity index is 1.31. The number of thioether (sulfide) groups is 1. The average molecular weight is 604 g/mol. The van der Waals surface area contributed by atoms with Gasteiger partial charge in [-0.1, -0.05) is 54.1 Å². The van der Waals surface area contributed by atoms with Crippen molar-refractivity contribution in [2.45, 2.75) is 30.4 Å². The fourth-order valence-electron chi connectivity index (χ4n) is 4.69. The van der Waals surface area contributed by atoms with Gasteiger partial charge < -0.3 is 10.6 Å². The molecule has 9 heteroatoms. The van der Waals surface area contributed by atoms with Crippen LogP contribution in [0.3, 0.4) is 0 Å². The number of hydrogen-bond donors (Lipinski definition) is 2. The van der Waals surface area contributed by atoms with E-state index in [0.717, 1.165) is 16.0 Å². The molecule has 4 amide bonds. The van der Waals surface area contributed by atoms with Crippen molar-refractivity contribution in [2.24, 2.45) is 0 Å². The van der Waals surface area contributed by atoms with Gasteiger partial charge in [0.1, 0.15) is 5.70 Å². The lowest BCUT2D eigenvalue weighted by Crippen LogP contribution is -2.31. The van der Waals surface area contributed by atoms with Gasteiger partial charge in [0.15, 0.2) is 5.78 Å². The Labute approximate surface area is 259 Å². The monoisotopic (exact) mass is 603 g/mol. The molecule has 0 radical (unpaired) electrons. The molecule has 5 rings (SSSR count). The molecule has 1 aliphatic rings. The van der Waals surface area contributed by atoms with Crippen LogP contribution < -0.4 is 15.5 Å². The van der Waals surface area contributed by atoms with Crippen LogP contribution in [0.2, 0.25) is 0 Å². The largest absolute Gasteiger partial charge is 0.321 e. The summed E-state index contributed by atoms with van der Waals surface area (Å²) < 4.78 is 0. The quantitative estimate of drug-likeness (QED) is 0.137. The minimum absolute atomic E-state index is 0.0173. The topological polar surface area (TPSA) is 113 Å². The van der Waals surface area contributed by atoms with Gasteiger partial charge in [0.05, 0.1) is 10.9 Å². The highest BCUT2D eigenvalue weighted by Gasteiger charge is 2.40. The molecule has 0 saturated carbocycles. The Bertz CT molecular complexity index is 1780. The Morgan fingerprint density at radius 1 is 0.841 bits per heavy atom. The van der Waals surface area contributed by atoms with E-state index in [-0.39, 0.29) is 29.7 Å². The molecule has 1 atom stereocenters. The molecule has 1 unspecified atom stereocenters. The molecular weight excluding hydrogens is 574 g/mol. The van der Waals surface area contributed by atoms with E-state index in [4.69, 9.17) is 0 Å². The number of carbonyl (C=O) groups excluding carboxylic acids is 5. The van der Waals surface area contributed by atoms with E-state index in [1.807, 2.05) is 31.2 Å². The maximum atomic E-state index is 13.5. The Morgan fingerprint density at radius 2 is 1.57 bits per heavy atom. The van der Waals surface area contributed by atoms with Crippen LogP contribution in [-0.4, -0.2) is 34.7 Å². The molecule has 2 N–H and O–H groups in total. The van der Waals surface area contributed by atoms with Gasteiger partial charge in [-0.25, -0.2) is 4.90 Å². The average Bonchev–Trinajstić information content (AvgIpc) is 3.29. The molecule has 4 aromatic rings. The Morgan fingerprint density at radius 3 is 2.27 bits per heavy atom. The van der Waals surface area contributed by atoms with Gasteiger partial charge >= 0.3 is 0 Å². The van der Waals surface area contributed by atoms with Crippen LogP contribution in [0, 0.1) is 6.92 Å². The zero-order valence-electron chi connectivity index (χ0n) is 24.1. The van der Waals surface area contributed by atoms with Gasteiger partial charge in [-0.3, -0.25) is 24.0 Å². The number of ketones is 1. The van der Waals surface area contributed by atoms with Crippen LogP contribution in [0.4, 0.5) is 11.4 Å². The van der Waals surface area contributed by atoms with E-state index < -0.39 is 17.1 Å². The summed E-state index contributed by atoms with van der Waals surface area (Å²) in [6.07, 6.45) is 1.63. The highest BCUT2D eigenvalue weighted by molar-refractivity contribution is 8.00. The number of aryl methyl sites for hydroxylation is 1. The number of imide groups is 1. The molecule has 8 nitrogen and oxygen atoms in total. The van der Waals surface area contributed by atoms with Crippen molar-refractivity contribution in [2.75, 3.05) is 10.2 Å². The first-order chi connectivity index (χ1) is 21.2. The lowest BCUT2D eigenvalue weighted by atomic mass is 10.1. The molecule has 1 heterocycles. The SMILES string of the molecule is CC(=O)c1ccc(N2C(=O)CC(Sc3cccc(NC(=O)/C(=C/c4cccc(C)c4)NC(=O)c4ccccc4)c3)C2=O)cc1. The second kappa shape index (κ2) is 13.4. The maximum Gasteiger partial charge on any atom is 0.272 e. The normalized spacial score (nSPS) is 14.8. The van der Waals surface area contributed by atoms with Crippen LogP contribution in [0.25, 0.3) is 6.08 Å². The molecule has 1 aliphatic heterocycles. The van der Waals surface area contributed by atoms with Crippen LogP contribution in [0.5, 0.6) is 0 Å². The number of amides is 4. The van der Waals surface area contributed by atoms with Crippen molar-refractivity contribution in [3.8, 4) is 0 Å². The lowest BCUT2D eigenvalue weighted by molar-refractivity contribution is -0.121. The summed E-state index contributed by atoms with van der Waals surface area (Å²) in [5.74, 6) is -1.73. The highest BCUT2D eigenvalue weighted by atomic mass is 32.2. The summed E-state index contributed by atoms with van der Waals surface area (Å²) in [4.78, 5) is 65.8. The van der Waals surface area contributed by atoms with Crippen molar-refractivity contribution < 1.29 is 24.0 Å². The van der Waals surface area contributed by atoms with E-state index in [9.17, 15) is 24.0 Å². The minimum atomic E-state index is -0.650. The fourth-order valence-corrected chi connectivity index (χ4v) is 5.80. The van der Waals surface area contributed by atoms with E-state index in [2.05, 4.69) is 10.6 Å². The maximum absolute atomic E-state index is 13.5. The van der Waals surface area contributed by atoms with Gasteiger partial charge in [0.2, 0.25) is 11.8 Å². The van der Waals surface area contributed by atoms with Gasteiger partial charge in [-0.05, 0) is 80.1 Å². The summed E-state index contributed by atoms with van der Waals surface area (Å²) in [6.45, 7) is 3.39. The molecule has 0 aliphatic carbocycles. The zero-order chi connectivity index (χ0) is 31.2. The van der Waals surface area contributed by atoms with E-state index in [1.165, 1.54) is 18.7 Å². The molecule has 0 bridgehead atoms. The van der Waals surface area contributed by atoms with Gasteiger partial charge in [-0.2, -0.15) is 0 Å². The fraction of sp³-hybridized carbons (Fsp3) is 0.114. The van der Waals surface area contributed by atoms with Crippen molar-refractivity contribution >= 4 is 58.6 Å². The van der Waals surface area contributed by atoms with E-state index in [1.54, 1.807) is 84.9 Å². The molecule has 1 saturated heterocycles. The minimum Gasteiger partial charge on any atom is -0.321 e. The second-order valence-corrected chi connectivity index (χ2v) is 11.5. The number of anilines is 2. The molecule has 0 spiro atoms. The zero-order valence-corrected chi connectivity index (χ0v) is 24.9. The molecule has 1 fully saturated rings. The predicted octanol–water partition coefficient (Wildman–Crippen LogP) is 6.03. The first-order valence-electron chi connectivity index (χ1n) is 13.9. The third kappa shape index (κ3) is 7.19. The first kappa shape index (κ1) is 30.2. The van der Waals surface area contributed by atoms with Crippen LogP contribution in [0.1, 0.15) is 45.2 Å².